The van der Waals surface area contributed by atoms with Crippen molar-refractivity contribution in [2.45, 2.75) is 12.5 Å². The molecule has 1 atom stereocenters. The Kier molecular flexibility index (Phi) is 5.13. The Morgan fingerprint density at radius 2 is 1.95 bits per heavy atom. The Morgan fingerprint density at radius 3 is 2.62 bits per heavy atom. The molecule has 1 aromatic rings. The number of nitrogens with one attached hydrogen (secondary N) is 1. The molecular weight excluding hydrogens is 272 g/mol. The van der Waals surface area contributed by atoms with E-state index in [1.165, 1.54) is 0 Å². The highest BCUT2D eigenvalue weighted by Gasteiger charge is 2.19. The number of hydrogen-bond donors (Lipinski definition) is 3. The van der Waals surface area contributed by atoms with Gasteiger partial charge in [-0.2, -0.15) is 0 Å². The van der Waals surface area contributed by atoms with Gasteiger partial charge in [-0.15, -0.1) is 0 Å². The number of hydrogen-bond acceptors (Lipinski definition) is 5. The van der Waals surface area contributed by atoms with Crippen LogP contribution in [0.4, 0.5) is 11.4 Å². The molecule has 2 rings (SSSR count). The van der Waals surface area contributed by atoms with Crippen LogP contribution in [0.2, 0.25) is 0 Å². The summed E-state index contributed by atoms with van der Waals surface area (Å²) in [5, 5.41) is 2.76. The summed E-state index contributed by atoms with van der Waals surface area (Å²) in [6.07, 6.45) is -0.175. The number of amides is 2. The fourth-order valence-electron chi connectivity index (χ4n) is 2.19. The number of morpholine rings is 1. The van der Waals surface area contributed by atoms with Crippen molar-refractivity contribution in [2.24, 2.45) is 11.5 Å². The number of benzene rings is 1. The molecule has 5 N–H and O–H groups in total. The fraction of sp³-hybridized carbons (Fsp3) is 0.429. The fourth-order valence-corrected chi connectivity index (χ4v) is 2.19. The molecule has 0 aliphatic carbocycles. The van der Waals surface area contributed by atoms with Gasteiger partial charge in [0.15, 0.2) is 0 Å². The van der Waals surface area contributed by atoms with Crippen LogP contribution < -0.4 is 21.7 Å². The molecule has 7 nitrogen and oxygen atoms in total. The number of anilines is 2. The predicted octanol–water partition coefficient (Wildman–Crippen LogP) is -0.336. The Balaban J connectivity index is 2.09. The maximum atomic E-state index is 12.0. The van der Waals surface area contributed by atoms with Gasteiger partial charge >= 0.3 is 0 Å². The molecular formula is C14H20N4O3. The van der Waals surface area contributed by atoms with Crippen LogP contribution in [0.15, 0.2) is 24.3 Å². The standard InChI is InChI=1S/C14H20N4O3/c15-10(9-13(16)19)14(20)17-11-3-1-2-4-12(11)18-5-7-21-8-6-18/h1-4,10H,5-9,15H2,(H2,16,19)(H,17,20). The molecule has 0 spiro atoms. The molecule has 2 amide bonds. The smallest absolute Gasteiger partial charge is 0.241 e. The van der Waals surface area contributed by atoms with E-state index in [0.717, 1.165) is 18.8 Å². The highest BCUT2D eigenvalue weighted by Crippen LogP contribution is 2.26. The second-order valence-corrected chi connectivity index (χ2v) is 4.88. The highest BCUT2D eigenvalue weighted by molar-refractivity contribution is 5.99. The molecule has 21 heavy (non-hydrogen) atoms. The van der Waals surface area contributed by atoms with Crippen molar-refractivity contribution in [2.75, 3.05) is 36.5 Å². The first-order valence-corrected chi connectivity index (χ1v) is 6.84. The molecule has 0 aromatic heterocycles. The summed E-state index contributed by atoms with van der Waals surface area (Å²) in [5.74, 6) is -1.02. The molecule has 1 unspecified atom stereocenters. The average molecular weight is 292 g/mol. The van der Waals surface area contributed by atoms with E-state index < -0.39 is 17.9 Å². The van der Waals surface area contributed by atoms with E-state index in [1.54, 1.807) is 6.07 Å². The first kappa shape index (κ1) is 15.3. The summed E-state index contributed by atoms with van der Waals surface area (Å²) in [7, 11) is 0. The zero-order chi connectivity index (χ0) is 15.2. The maximum Gasteiger partial charge on any atom is 0.241 e. The normalized spacial score (nSPS) is 16.3. The monoisotopic (exact) mass is 292 g/mol. The lowest BCUT2D eigenvalue weighted by Crippen LogP contribution is -2.40. The summed E-state index contributed by atoms with van der Waals surface area (Å²) >= 11 is 0. The summed E-state index contributed by atoms with van der Waals surface area (Å²) in [4.78, 5) is 25.0. The average Bonchev–Trinajstić information content (AvgIpc) is 2.48. The van der Waals surface area contributed by atoms with Crippen molar-refractivity contribution in [1.29, 1.82) is 0 Å². The van der Waals surface area contributed by atoms with Gasteiger partial charge in [-0.25, -0.2) is 0 Å². The number of para-hydroxylation sites is 2. The number of carbonyl (C=O) groups is 2. The number of ether oxygens (including phenoxy) is 1. The first-order chi connectivity index (χ1) is 10.1. The number of nitrogens with zero attached hydrogens (tertiary/aromatic N) is 1. The molecule has 0 bridgehead atoms. The third kappa shape index (κ3) is 4.17. The van der Waals surface area contributed by atoms with E-state index in [1.807, 2.05) is 18.2 Å². The molecule has 0 saturated carbocycles. The van der Waals surface area contributed by atoms with Gasteiger partial charge in [-0.1, -0.05) is 12.1 Å². The second kappa shape index (κ2) is 7.05. The molecule has 1 saturated heterocycles. The van der Waals surface area contributed by atoms with Crippen molar-refractivity contribution in [3.63, 3.8) is 0 Å². The van der Waals surface area contributed by atoms with Gasteiger partial charge in [-0.3, -0.25) is 9.59 Å². The van der Waals surface area contributed by atoms with Crippen LogP contribution in [0.25, 0.3) is 0 Å². The third-order valence-electron chi connectivity index (χ3n) is 3.27. The number of nitrogens with two attached hydrogens (primary N) is 2. The summed E-state index contributed by atoms with van der Waals surface area (Å²) in [5.41, 5.74) is 12.3. The molecule has 114 valence electrons. The van der Waals surface area contributed by atoms with E-state index in [0.29, 0.717) is 18.9 Å². The lowest BCUT2D eigenvalue weighted by atomic mass is 10.1. The van der Waals surface area contributed by atoms with Crippen LogP contribution in [-0.2, 0) is 14.3 Å². The van der Waals surface area contributed by atoms with Gasteiger partial charge in [0.2, 0.25) is 11.8 Å². The SMILES string of the molecule is NC(=O)CC(N)C(=O)Nc1ccccc1N1CCOCC1. The van der Waals surface area contributed by atoms with Crippen molar-refractivity contribution >= 4 is 23.2 Å². The Hall–Kier alpha value is -2.12. The lowest BCUT2D eigenvalue weighted by Gasteiger charge is -2.30. The van der Waals surface area contributed by atoms with Gasteiger partial charge in [0.1, 0.15) is 0 Å². The number of primary amides is 1. The number of rotatable bonds is 5. The van der Waals surface area contributed by atoms with E-state index in [4.69, 9.17) is 16.2 Å². The predicted molar refractivity (Wildman–Crippen MR) is 79.9 cm³/mol. The van der Waals surface area contributed by atoms with Crippen LogP contribution in [0.5, 0.6) is 0 Å². The first-order valence-electron chi connectivity index (χ1n) is 6.84. The van der Waals surface area contributed by atoms with Crippen LogP contribution in [0.1, 0.15) is 6.42 Å². The minimum atomic E-state index is -0.944. The quantitative estimate of drug-likeness (QED) is 0.688. The van der Waals surface area contributed by atoms with Gasteiger partial charge in [0, 0.05) is 13.1 Å². The molecule has 1 fully saturated rings. The molecule has 1 aromatic carbocycles. The van der Waals surface area contributed by atoms with Crippen molar-refractivity contribution in [1.82, 2.24) is 0 Å². The van der Waals surface area contributed by atoms with E-state index in [2.05, 4.69) is 10.2 Å². The molecule has 1 aliphatic rings. The molecule has 1 aliphatic heterocycles. The Labute approximate surface area is 123 Å². The van der Waals surface area contributed by atoms with E-state index in [9.17, 15) is 9.59 Å². The van der Waals surface area contributed by atoms with Crippen molar-refractivity contribution in [3.8, 4) is 0 Å². The molecule has 0 radical (unpaired) electrons. The highest BCUT2D eigenvalue weighted by atomic mass is 16.5. The summed E-state index contributed by atoms with van der Waals surface area (Å²) in [6, 6.07) is 6.53. The van der Waals surface area contributed by atoms with Gasteiger partial charge in [0.05, 0.1) is 37.1 Å². The number of carbonyl (C=O) groups excluding carboxylic acids is 2. The maximum absolute atomic E-state index is 12.0. The topological polar surface area (TPSA) is 111 Å². The zero-order valence-corrected chi connectivity index (χ0v) is 11.7. The minimum Gasteiger partial charge on any atom is -0.378 e. The van der Waals surface area contributed by atoms with Crippen LogP contribution >= 0.6 is 0 Å². The van der Waals surface area contributed by atoms with Crippen molar-refractivity contribution < 1.29 is 14.3 Å². The van der Waals surface area contributed by atoms with Crippen LogP contribution in [-0.4, -0.2) is 44.2 Å². The van der Waals surface area contributed by atoms with Crippen LogP contribution in [0.3, 0.4) is 0 Å². The Bertz CT molecular complexity index is 515. The zero-order valence-electron chi connectivity index (χ0n) is 11.7. The van der Waals surface area contributed by atoms with Gasteiger partial charge in [0.25, 0.3) is 0 Å². The minimum absolute atomic E-state index is 0.175. The van der Waals surface area contributed by atoms with Gasteiger partial charge < -0.3 is 26.4 Å². The summed E-state index contributed by atoms with van der Waals surface area (Å²) in [6.45, 7) is 2.84. The Morgan fingerprint density at radius 1 is 1.29 bits per heavy atom. The molecule has 7 heteroatoms. The van der Waals surface area contributed by atoms with Crippen LogP contribution in [0, 0.1) is 0 Å². The largest absolute Gasteiger partial charge is 0.378 e. The second-order valence-electron chi connectivity index (χ2n) is 4.88. The van der Waals surface area contributed by atoms with E-state index >= 15 is 0 Å². The molecule has 1 heterocycles. The summed E-state index contributed by atoms with van der Waals surface area (Å²) < 4.78 is 5.32. The van der Waals surface area contributed by atoms with Crippen molar-refractivity contribution in [3.05, 3.63) is 24.3 Å². The van der Waals surface area contributed by atoms with Gasteiger partial charge in [-0.05, 0) is 12.1 Å². The lowest BCUT2D eigenvalue weighted by molar-refractivity contribution is -0.123. The third-order valence-corrected chi connectivity index (χ3v) is 3.27. The van der Waals surface area contributed by atoms with E-state index in [-0.39, 0.29) is 6.42 Å².